The van der Waals surface area contributed by atoms with E-state index in [2.05, 4.69) is 0 Å². The number of carboxylic acid groups (broad SMARTS) is 1. The van der Waals surface area contributed by atoms with Crippen LogP contribution in [-0.2, 0) is 10.2 Å². The first kappa shape index (κ1) is 11.8. The van der Waals surface area contributed by atoms with Gasteiger partial charge in [-0.25, -0.2) is 0 Å². The molecule has 1 aliphatic carbocycles. The molecule has 0 bridgehead atoms. The number of aryl methyl sites for hydroxylation is 1. The summed E-state index contributed by atoms with van der Waals surface area (Å²) < 4.78 is 5.27. The van der Waals surface area contributed by atoms with Crippen LogP contribution < -0.4 is 4.74 Å². The Hall–Kier alpha value is -1.71. The van der Waals surface area contributed by atoms with E-state index in [9.17, 15) is 15.0 Å². The second-order valence-corrected chi connectivity index (χ2v) is 4.64. The summed E-state index contributed by atoms with van der Waals surface area (Å²) in [6.45, 7) is 3.51. The molecule has 0 heterocycles. The fraction of sp³-hybridized carbons (Fsp3) is 0.462. The van der Waals surface area contributed by atoms with E-state index in [1.807, 2.05) is 0 Å². The van der Waals surface area contributed by atoms with Gasteiger partial charge in [0.2, 0.25) is 0 Å². The monoisotopic (exact) mass is 236 g/mol. The largest absolute Gasteiger partial charge is 0.507 e. The van der Waals surface area contributed by atoms with Crippen LogP contribution in [0.1, 0.15) is 29.5 Å². The summed E-state index contributed by atoms with van der Waals surface area (Å²) in [4.78, 5) is 11.3. The summed E-state index contributed by atoms with van der Waals surface area (Å²) in [5.74, 6) is -0.153. The first-order chi connectivity index (χ1) is 7.94. The zero-order valence-corrected chi connectivity index (χ0v) is 10.2. The molecule has 0 amide bonds. The van der Waals surface area contributed by atoms with Crippen molar-refractivity contribution < 1.29 is 19.7 Å². The molecule has 2 N–H and O–H groups in total. The van der Waals surface area contributed by atoms with Crippen LogP contribution in [0.3, 0.4) is 0 Å². The number of aromatic hydroxyl groups is 1. The molecule has 4 nitrogen and oxygen atoms in total. The zero-order valence-electron chi connectivity index (χ0n) is 10.2. The number of ether oxygens (including phenoxy) is 1. The third-order valence-corrected chi connectivity index (χ3v) is 3.55. The normalized spacial score (nSPS) is 16.6. The summed E-state index contributed by atoms with van der Waals surface area (Å²) in [7, 11) is 1.50. The molecular weight excluding hydrogens is 220 g/mol. The van der Waals surface area contributed by atoms with Crippen molar-refractivity contribution in [3.05, 3.63) is 22.8 Å². The number of hydrogen-bond acceptors (Lipinski definition) is 3. The first-order valence-corrected chi connectivity index (χ1v) is 5.55. The molecule has 1 aromatic carbocycles. The highest BCUT2D eigenvalue weighted by atomic mass is 16.5. The Morgan fingerprint density at radius 2 is 2.00 bits per heavy atom. The van der Waals surface area contributed by atoms with Crippen LogP contribution in [0.4, 0.5) is 0 Å². The number of carboxylic acids is 1. The average molecular weight is 236 g/mol. The van der Waals surface area contributed by atoms with Gasteiger partial charge in [0.1, 0.15) is 11.5 Å². The van der Waals surface area contributed by atoms with Crippen molar-refractivity contribution in [2.75, 3.05) is 7.11 Å². The lowest BCUT2D eigenvalue weighted by atomic mass is 9.91. The number of hydrogen-bond donors (Lipinski definition) is 2. The lowest BCUT2D eigenvalue weighted by Gasteiger charge is -2.19. The van der Waals surface area contributed by atoms with Gasteiger partial charge in [-0.2, -0.15) is 0 Å². The van der Waals surface area contributed by atoms with Gasteiger partial charge in [-0.05, 0) is 38.3 Å². The van der Waals surface area contributed by atoms with Crippen molar-refractivity contribution in [2.24, 2.45) is 0 Å². The highest BCUT2D eigenvalue weighted by Gasteiger charge is 2.53. The Balaban J connectivity index is 2.66. The number of rotatable bonds is 3. The molecule has 2 rings (SSSR count). The van der Waals surface area contributed by atoms with Crippen molar-refractivity contribution in [3.63, 3.8) is 0 Å². The van der Waals surface area contributed by atoms with E-state index in [-0.39, 0.29) is 5.75 Å². The van der Waals surface area contributed by atoms with Crippen molar-refractivity contribution in [3.8, 4) is 11.5 Å². The van der Waals surface area contributed by atoms with E-state index in [0.717, 1.165) is 0 Å². The predicted molar refractivity (Wildman–Crippen MR) is 62.7 cm³/mol. The average Bonchev–Trinajstić information content (AvgIpc) is 3.06. The number of benzene rings is 1. The topological polar surface area (TPSA) is 66.8 Å². The molecule has 0 saturated heterocycles. The molecular formula is C13H16O4. The smallest absolute Gasteiger partial charge is 0.314 e. The number of methoxy groups -OCH3 is 1. The Morgan fingerprint density at radius 3 is 2.41 bits per heavy atom. The van der Waals surface area contributed by atoms with Crippen LogP contribution in [-0.4, -0.2) is 23.3 Å². The molecule has 4 heteroatoms. The van der Waals surface area contributed by atoms with Crippen LogP contribution >= 0.6 is 0 Å². The summed E-state index contributed by atoms with van der Waals surface area (Å²) in [6, 6.07) is 1.72. The van der Waals surface area contributed by atoms with Crippen molar-refractivity contribution >= 4 is 5.97 Å². The Kier molecular flexibility index (Phi) is 2.53. The van der Waals surface area contributed by atoms with Crippen LogP contribution in [0.15, 0.2) is 6.07 Å². The summed E-state index contributed by atoms with van der Waals surface area (Å²) in [6.07, 6.45) is 1.25. The highest BCUT2D eigenvalue weighted by molar-refractivity contribution is 5.86. The minimum absolute atomic E-state index is 0.173. The molecule has 1 fully saturated rings. The molecule has 0 aromatic heterocycles. The minimum atomic E-state index is -0.819. The highest BCUT2D eigenvalue weighted by Crippen LogP contribution is 2.53. The van der Waals surface area contributed by atoms with Crippen LogP contribution in [0.2, 0.25) is 0 Å². The molecule has 0 unspecified atom stereocenters. The maximum atomic E-state index is 11.3. The Morgan fingerprint density at radius 1 is 1.41 bits per heavy atom. The number of aliphatic carboxylic acids is 1. The Bertz CT molecular complexity index is 487. The second-order valence-electron chi connectivity index (χ2n) is 4.64. The van der Waals surface area contributed by atoms with Gasteiger partial charge in [-0.15, -0.1) is 0 Å². The second kappa shape index (κ2) is 3.65. The van der Waals surface area contributed by atoms with E-state index in [1.54, 1.807) is 19.9 Å². The Labute approximate surface area is 99.8 Å². The van der Waals surface area contributed by atoms with E-state index in [0.29, 0.717) is 35.3 Å². The first-order valence-electron chi connectivity index (χ1n) is 5.55. The molecule has 1 saturated carbocycles. The van der Waals surface area contributed by atoms with Gasteiger partial charge in [0, 0.05) is 11.1 Å². The quantitative estimate of drug-likeness (QED) is 0.843. The van der Waals surface area contributed by atoms with Gasteiger partial charge >= 0.3 is 5.97 Å². The van der Waals surface area contributed by atoms with Crippen molar-refractivity contribution in [1.82, 2.24) is 0 Å². The fourth-order valence-corrected chi connectivity index (χ4v) is 2.30. The third kappa shape index (κ3) is 1.55. The number of carbonyl (C=O) groups is 1. The molecule has 0 atom stereocenters. The van der Waals surface area contributed by atoms with Crippen molar-refractivity contribution in [2.45, 2.75) is 32.1 Å². The van der Waals surface area contributed by atoms with E-state index >= 15 is 0 Å². The third-order valence-electron chi connectivity index (χ3n) is 3.55. The molecule has 92 valence electrons. The predicted octanol–water partition coefficient (Wildman–Crippen LogP) is 2.13. The van der Waals surface area contributed by atoms with Gasteiger partial charge in [0.05, 0.1) is 12.5 Å². The summed E-state index contributed by atoms with van der Waals surface area (Å²) in [5.41, 5.74) is 1.16. The minimum Gasteiger partial charge on any atom is -0.507 e. The maximum Gasteiger partial charge on any atom is 0.314 e. The van der Waals surface area contributed by atoms with Crippen LogP contribution in [0, 0.1) is 13.8 Å². The van der Waals surface area contributed by atoms with Gasteiger partial charge < -0.3 is 14.9 Å². The molecule has 0 radical (unpaired) electrons. The van der Waals surface area contributed by atoms with Gasteiger partial charge in [0.25, 0.3) is 0 Å². The lowest BCUT2D eigenvalue weighted by Crippen LogP contribution is -2.21. The zero-order chi connectivity index (χ0) is 12.8. The van der Waals surface area contributed by atoms with Gasteiger partial charge in [0.15, 0.2) is 0 Å². The SMILES string of the molecule is COc1c(C2(C(=O)O)CC2)cc(C)c(O)c1C. The number of phenols is 1. The number of phenolic OH excluding ortho intramolecular Hbond substituents is 1. The maximum absolute atomic E-state index is 11.3. The van der Waals surface area contributed by atoms with Crippen LogP contribution in [0.25, 0.3) is 0 Å². The summed E-state index contributed by atoms with van der Waals surface area (Å²) >= 11 is 0. The standard InChI is InChI=1S/C13H16O4/c1-7-6-9(13(4-5-13)12(15)16)11(17-3)8(2)10(7)14/h6,14H,4-5H2,1-3H3,(H,15,16). The molecule has 17 heavy (non-hydrogen) atoms. The molecule has 1 aromatic rings. The molecule has 1 aliphatic rings. The van der Waals surface area contributed by atoms with Crippen molar-refractivity contribution in [1.29, 1.82) is 0 Å². The van der Waals surface area contributed by atoms with Gasteiger partial charge in [-0.3, -0.25) is 4.79 Å². The fourth-order valence-electron chi connectivity index (χ4n) is 2.30. The lowest BCUT2D eigenvalue weighted by molar-refractivity contribution is -0.140. The summed E-state index contributed by atoms with van der Waals surface area (Å²) in [5, 5.41) is 19.2. The molecule has 0 aliphatic heterocycles. The van der Waals surface area contributed by atoms with Crippen LogP contribution in [0.5, 0.6) is 11.5 Å². The van der Waals surface area contributed by atoms with E-state index < -0.39 is 11.4 Å². The molecule has 0 spiro atoms. The van der Waals surface area contributed by atoms with E-state index in [4.69, 9.17) is 4.74 Å². The van der Waals surface area contributed by atoms with Gasteiger partial charge in [-0.1, -0.05) is 0 Å². The van der Waals surface area contributed by atoms with E-state index in [1.165, 1.54) is 7.11 Å².